The number of carboxylic acids is 1. The first-order valence-corrected chi connectivity index (χ1v) is 16.0. The molecule has 0 spiro atoms. The molecule has 9 nitrogen and oxygen atoms in total. The third-order valence-electron chi connectivity index (χ3n) is 8.41. The van der Waals surface area contributed by atoms with Crippen molar-refractivity contribution in [3.63, 3.8) is 0 Å². The lowest BCUT2D eigenvalue weighted by Crippen LogP contribution is -2.40. The first kappa shape index (κ1) is 28.7. The maximum absolute atomic E-state index is 14.8. The first-order valence-electron chi connectivity index (χ1n) is 13.9. The quantitative estimate of drug-likeness (QED) is 0.353. The van der Waals surface area contributed by atoms with Crippen molar-refractivity contribution in [3.8, 4) is 11.5 Å². The van der Waals surface area contributed by atoms with Crippen molar-refractivity contribution in [1.29, 1.82) is 0 Å². The Kier molecular flexibility index (Phi) is 7.53. The minimum Gasteiger partial charge on any atom is -0.478 e. The molecule has 0 bridgehead atoms. The minimum atomic E-state index is -3.12. The highest BCUT2D eigenvalue weighted by molar-refractivity contribution is 7.93. The van der Waals surface area contributed by atoms with Gasteiger partial charge in [-0.1, -0.05) is 23.7 Å². The Morgan fingerprint density at radius 2 is 2.00 bits per heavy atom. The number of fused-ring (bicyclic) bond motifs is 1. The van der Waals surface area contributed by atoms with Crippen LogP contribution in [0.3, 0.4) is 0 Å². The number of imidazole rings is 1. The number of benzene rings is 2. The molecule has 0 radical (unpaired) electrons. The molecule has 3 aromatic rings. The highest BCUT2D eigenvalue weighted by Gasteiger charge is 2.43. The van der Waals surface area contributed by atoms with Gasteiger partial charge >= 0.3 is 5.97 Å². The molecule has 0 saturated carbocycles. The zero-order chi connectivity index (χ0) is 29.6. The topological polar surface area (TPSA) is 111 Å². The van der Waals surface area contributed by atoms with Crippen molar-refractivity contribution in [1.82, 2.24) is 14.5 Å². The largest absolute Gasteiger partial charge is 0.478 e. The van der Waals surface area contributed by atoms with Crippen LogP contribution in [0.2, 0.25) is 5.02 Å². The van der Waals surface area contributed by atoms with Crippen LogP contribution in [0, 0.1) is 5.82 Å². The molecule has 42 heavy (non-hydrogen) atoms. The van der Waals surface area contributed by atoms with Crippen LogP contribution in [-0.4, -0.2) is 58.0 Å². The van der Waals surface area contributed by atoms with Gasteiger partial charge in [0.05, 0.1) is 35.0 Å². The molecule has 12 heteroatoms. The van der Waals surface area contributed by atoms with E-state index in [-0.39, 0.29) is 23.8 Å². The molecule has 4 heterocycles. The second-order valence-electron chi connectivity index (χ2n) is 11.2. The summed E-state index contributed by atoms with van der Waals surface area (Å²) < 4.78 is 53.5. The van der Waals surface area contributed by atoms with E-state index in [4.69, 9.17) is 26.2 Å². The molecule has 2 saturated heterocycles. The number of likely N-dealkylation sites (tertiary alicyclic amines) is 1. The monoisotopic (exact) mass is 615 g/mol. The van der Waals surface area contributed by atoms with E-state index >= 15 is 0 Å². The summed E-state index contributed by atoms with van der Waals surface area (Å²) in [5, 5.41) is 8.90. The Bertz CT molecular complexity index is 1670. The van der Waals surface area contributed by atoms with Gasteiger partial charge in [0, 0.05) is 30.1 Å². The molecule has 1 aromatic heterocycles. The van der Waals surface area contributed by atoms with Gasteiger partial charge in [-0.2, -0.15) is 0 Å². The predicted octanol–water partition coefficient (Wildman–Crippen LogP) is 4.98. The van der Waals surface area contributed by atoms with Crippen LogP contribution in [0.1, 0.15) is 54.7 Å². The minimum absolute atomic E-state index is 0.182. The van der Waals surface area contributed by atoms with Gasteiger partial charge in [0.2, 0.25) is 0 Å². The Labute approximate surface area is 248 Å². The van der Waals surface area contributed by atoms with Crippen molar-refractivity contribution in [2.24, 2.45) is 0 Å². The number of rotatable bonds is 8. The average Bonchev–Trinajstić information content (AvgIpc) is 3.49. The van der Waals surface area contributed by atoms with Gasteiger partial charge in [-0.3, -0.25) is 4.90 Å². The third kappa shape index (κ3) is 5.52. The molecular weight excluding hydrogens is 585 g/mol. The summed E-state index contributed by atoms with van der Waals surface area (Å²) in [6.07, 6.45) is 6.36. The van der Waals surface area contributed by atoms with E-state index in [1.54, 1.807) is 25.3 Å². The lowest BCUT2D eigenvalue weighted by Gasteiger charge is -2.33. The number of carboxylic acid groups (broad SMARTS) is 1. The number of halogens is 2. The molecule has 3 aliphatic rings. The van der Waals surface area contributed by atoms with Crippen molar-refractivity contribution in [2.75, 3.05) is 18.8 Å². The Hall–Kier alpha value is -3.41. The highest BCUT2D eigenvalue weighted by atomic mass is 35.5. The van der Waals surface area contributed by atoms with E-state index in [2.05, 4.69) is 9.88 Å². The summed E-state index contributed by atoms with van der Waals surface area (Å²) in [5.41, 5.74) is 1.86. The molecule has 2 aromatic carbocycles. The second kappa shape index (κ2) is 11.0. The molecular formula is C30H31ClFN3O6S. The second-order valence-corrected chi connectivity index (χ2v) is 14.0. The summed E-state index contributed by atoms with van der Waals surface area (Å²) in [5.74, 6) is -0.607. The molecule has 222 valence electrons. The Morgan fingerprint density at radius 3 is 2.67 bits per heavy atom. The number of sulfone groups is 1. The maximum atomic E-state index is 14.8. The number of hydrogen-bond donors (Lipinski definition) is 1. The van der Waals surface area contributed by atoms with Crippen molar-refractivity contribution >= 4 is 33.5 Å². The predicted molar refractivity (Wildman–Crippen MR) is 155 cm³/mol. The number of hydrogen-bond acceptors (Lipinski definition) is 7. The normalized spacial score (nSPS) is 23.7. The van der Waals surface area contributed by atoms with Crippen LogP contribution >= 0.6 is 11.6 Å². The van der Waals surface area contributed by atoms with Crippen molar-refractivity contribution in [2.45, 2.75) is 56.2 Å². The van der Waals surface area contributed by atoms with Crippen LogP contribution in [0.25, 0.3) is 6.08 Å². The summed E-state index contributed by atoms with van der Waals surface area (Å²) in [4.78, 5) is 17.9. The van der Waals surface area contributed by atoms with Gasteiger partial charge in [0.1, 0.15) is 11.6 Å². The zero-order valence-corrected chi connectivity index (χ0v) is 24.6. The SMILES string of the molecule is C[C@]1(c2ccc(Cl)cc2F)Oc2cccc(C3CCN(Cc4ncc(/C=C/C(=O)O)n4C[C@H]4CCS4(=O)=O)CC3)c2O1. The van der Waals surface area contributed by atoms with E-state index in [1.165, 1.54) is 12.1 Å². The molecule has 6 rings (SSSR count). The Balaban J connectivity index is 1.15. The fourth-order valence-corrected chi connectivity index (χ4v) is 7.47. The van der Waals surface area contributed by atoms with Crippen molar-refractivity contribution < 1.29 is 32.2 Å². The smallest absolute Gasteiger partial charge is 0.328 e. The van der Waals surface area contributed by atoms with E-state index in [1.807, 2.05) is 22.8 Å². The van der Waals surface area contributed by atoms with Gasteiger partial charge in [0.25, 0.3) is 5.79 Å². The lowest BCUT2D eigenvalue weighted by molar-refractivity contribution is -0.131. The molecule has 0 amide bonds. The van der Waals surface area contributed by atoms with Gasteiger partial charge in [-0.05, 0) is 68.6 Å². The van der Waals surface area contributed by atoms with Gasteiger partial charge in [-0.25, -0.2) is 22.6 Å². The van der Waals surface area contributed by atoms with Crippen LogP contribution in [-0.2, 0) is 33.5 Å². The lowest BCUT2D eigenvalue weighted by atomic mass is 9.88. The van der Waals surface area contributed by atoms with Gasteiger partial charge in [-0.15, -0.1) is 0 Å². The number of aliphatic carboxylic acids is 1. The van der Waals surface area contributed by atoms with Crippen LogP contribution < -0.4 is 9.47 Å². The molecule has 2 atom stereocenters. The molecule has 3 aliphatic heterocycles. The van der Waals surface area contributed by atoms with E-state index in [0.29, 0.717) is 41.0 Å². The molecule has 1 N–H and O–H groups in total. The third-order valence-corrected chi connectivity index (χ3v) is 10.8. The number of carbonyl (C=O) groups is 1. The number of aromatic nitrogens is 2. The van der Waals surface area contributed by atoms with Crippen LogP contribution in [0.4, 0.5) is 4.39 Å². The van der Waals surface area contributed by atoms with Crippen molar-refractivity contribution in [3.05, 3.63) is 82.2 Å². The number of piperidine rings is 1. The number of para-hydroxylation sites is 1. The van der Waals surface area contributed by atoms with Gasteiger partial charge < -0.3 is 19.1 Å². The van der Waals surface area contributed by atoms with E-state index < -0.39 is 32.7 Å². The molecule has 0 aliphatic carbocycles. The summed E-state index contributed by atoms with van der Waals surface area (Å²) in [7, 11) is -3.12. The first-order chi connectivity index (χ1) is 20.0. The fourth-order valence-electron chi connectivity index (χ4n) is 5.98. The Morgan fingerprint density at radius 1 is 1.21 bits per heavy atom. The van der Waals surface area contributed by atoms with E-state index in [9.17, 15) is 17.6 Å². The summed E-state index contributed by atoms with van der Waals surface area (Å²) >= 11 is 5.95. The van der Waals surface area contributed by atoms with Gasteiger partial charge in [0.15, 0.2) is 21.3 Å². The van der Waals surface area contributed by atoms with Crippen LogP contribution in [0.15, 0.2) is 48.7 Å². The molecule has 2 fully saturated rings. The fraction of sp³-hybridized carbons (Fsp3) is 0.400. The standard InChI is InChI=1S/C30H31ClFN3O6S/c1-30(24-7-5-20(31)15-25(24)32)40-26-4-2-3-23(29(26)41-30)19-9-12-34(13-10-19)18-27-33-16-21(6-8-28(36)37)35(27)17-22-11-14-42(22,38)39/h2-8,15-16,19,22H,9-14,17-18H2,1H3,(H,36,37)/b8-6+/t22-,30+/m1/s1. The average molecular weight is 616 g/mol. The summed E-state index contributed by atoms with van der Waals surface area (Å²) in [6.45, 7) is 4.01. The zero-order valence-electron chi connectivity index (χ0n) is 23.0. The van der Waals surface area contributed by atoms with Crippen LogP contribution in [0.5, 0.6) is 11.5 Å². The number of nitrogens with zero attached hydrogens (tertiary/aromatic N) is 3. The summed E-state index contributed by atoms with van der Waals surface area (Å²) in [6, 6.07) is 10.2. The maximum Gasteiger partial charge on any atom is 0.328 e. The molecule has 0 unspecified atom stereocenters. The highest BCUT2D eigenvalue weighted by Crippen LogP contribution is 2.49. The number of ether oxygens (including phenoxy) is 2. The van der Waals surface area contributed by atoms with E-state index in [0.717, 1.165) is 37.6 Å².